The molecule has 0 aliphatic heterocycles. The second kappa shape index (κ2) is 2.87. The topological polar surface area (TPSA) is 26.0 Å². The van der Waals surface area contributed by atoms with Gasteiger partial charge >= 0.3 is 0 Å². The Morgan fingerprint density at radius 3 is 2.77 bits per heavy atom. The van der Waals surface area contributed by atoms with Gasteiger partial charge in [-0.2, -0.15) is 0 Å². The van der Waals surface area contributed by atoms with Gasteiger partial charge in [0.05, 0.1) is 5.69 Å². The lowest BCUT2D eigenvalue weighted by Crippen LogP contribution is -1.88. The number of benzene rings is 1. The van der Waals surface area contributed by atoms with Crippen LogP contribution in [0.25, 0.3) is 11.0 Å². The summed E-state index contributed by atoms with van der Waals surface area (Å²) in [7, 11) is 0. The summed E-state index contributed by atoms with van der Waals surface area (Å²) in [5, 5.41) is 5.14. The minimum Gasteiger partial charge on any atom is -0.356 e. The van der Waals surface area contributed by atoms with Crippen LogP contribution in [0, 0.1) is 6.92 Å². The largest absolute Gasteiger partial charge is 0.356 e. The number of fused-ring (bicyclic) bond motifs is 1. The monoisotopic (exact) mass is 175 g/mol. The Kier molecular flexibility index (Phi) is 1.83. The molecule has 0 spiro atoms. The molecule has 0 radical (unpaired) electrons. The molecule has 2 nitrogen and oxygen atoms in total. The van der Waals surface area contributed by atoms with Crippen LogP contribution in [0.15, 0.2) is 22.7 Å². The highest BCUT2D eigenvalue weighted by atomic mass is 16.5. The van der Waals surface area contributed by atoms with Crippen molar-refractivity contribution in [2.24, 2.45) is 0 Å². The van der Waals surface area contributed by atoms with Crippen molar-refractivity contribution in [3.63, 3.8) is 0 Å². The Bertz CT molecular complexity index is 429. The molecule has 2 rings (SSSR count). The van der Waals surface area contributed by atoms with Crippen molar-refractivity contribution in [1.29, 1.82) is 0 Å². The first-order valence-electron chi connectivity index (χ1n) is 4.55. The molecule has 0 saturated heterocycles. The Hall–Kier alpha value is -1.31. The molecular weight excluding hydrogens is 162 g/mol. The lowest BCUT2D eigenvalue weighted by atomic mass is 9.98. The Morgan fingerprint density at radius 1 is 1.31 bits per heavy atom. The van der Waals surface area contributed by atoms with Gasteiger partial charge in [0.15, 0.2) is 5.58 Å². The van der Waals surface area contributed by atoms with E-state index < -0.39 is 0 Å². The molecule has 13 heavy (non-hydrogen) atoms. The number of aromatic nitrogens is 1. The van der Waals surface area contributed by atoms with Crippen LogP contribution in [-0.2, 0) is 0 Å². The fourth-order valence-corrected chi connectivity index (χ4v) is 1.66. The van der Waals surface area contributed by atoms with E-state index in [1.54, 1.807) is 0 Å². The Balaban J connectivity index is 2.80. The van der Waals surface area contributed by atoms with Crippen molar-refractivity contribution in [1.82, 2.24) is 5.16 Å². The van der Waals surface area contributed by atoms with E-state index in [0.717, 1.165) is 11.3 Å². The molecule has 1 heterocycles. The Labute approximate surface area is 77.5 Å². The Morgan fingerprint density at radius 2 is 2.08 bits per heavy atom. The summed E-state index contributed by atoms with van der Waals surface area (Å²) >= 11 is 0. The minimum absolute atomic E-state index is 0.516. The fraction of sp³-hybridized carbons (Fsp3) is 0.364. The van der Waals surface area contributed by atoms with Gasteiger partial charge in [-0.3, -0.25) is 0 Å². The average molecular weight is 175 g/mol. The van der Waals surface area contributed by atoms with Crippen molar-refractivity contribution in [3.8, 4) is 0 Å². The van der Waals surface area contributed by atoms with Crippen molar-refractivity contribution in [2.75, 3.05) is 0 Å². The molecule has 1 aromatic carbocycles. The predicted molar refractivity (Wildman–Crippen MR) is 52.8 cm³/mol. The van der Waals surface area contributed by atoms with Crippen LogP contribution >= 0.6 is 0 Å². The quantitative estimate of drug-likeness (QED) is 0.664. The smallest absolute Gasteiger partial charge is 0.167 e. The maximum Gasteiger partial charge on any atom is 0.167 e. The van der Waals surface area contributed by atoms with Gasteiger partial charge in [-0.1, -0.05) is 31.1 Å². The van der Waals surface area contributed by atoms with Gasteiger partial charge in [-0.15, -0.1) is 0 Å². The number of rotatable bonds is 1. The number of aryl methyl sites for hydroxylation is 1. The molecule has 1 aromatic heterocycles. The van der Waals surface area contributed by atoms with E-state index in [0.29, 0.717) is 5.92 Å². The fourth-order valence-electron chi connectivity index (χ4n) is 1.66. The van der Waals surface area contributed by atoms with Crippen molar-refractivity contribution < 1.29 is 4.52 Å². The molecule has 0 unspecified atom stereocenters. The second-order valence-corrected chi connectivity index (χ2v) is 3.64. The molecule has 0 amide bonds. The highest BCUT2D eigenvalue weighted by Gasteiger charge is 2.10. The predicted octanol–water partition coefficient (Wildman–Crippen LogP) is 3.26. The van der Waals surface area contributed by atoms with Crippen LogP contribution in [0.2, 0.25) is 0 Å². The number of nitrogens with zero attached hydrogens (tertiary/aromatic N) is 1. The summed E-state index contributed by atoms with van der Waals surface area (Å²) in [6.07, 6.45) is 0. The van der Waals surface area contributed by atoms with Crippen LogP contribution in [0.5, 0.6) is 0 Å². The van der Waals surface area contributed by atoms with Gasteiger partial charge in [0, 0.05) is 5.39 Å². The van der Waals surface area contributed by atoms with Crippen LogP contribution in [0.1, 0.15) is 31.0 Å². The van der Waals surface area contributed by atoms with E-state index in [9.17, 15) is 0 Å². The summed E-state index contributed by atoms with van der Waals surface area (Å²) < 4.78 is 5.19. The maximum atomic E-state index is 5.19. The van der Waals surface area contributed by atoms with E-state index in [1.807, 2.05) is 19.1 Å². The molecule has 0 atom stereocenters. The van der Waals surface area contributed by atoms with E-state index in [-0.39, 0.29) is 0 Å². The van der Waals surface area contributed by atoms with Gasteiger partial charge in [-0.25, -0.2) is 0 Å². The van der Waals surface area contributed by atoms with Gasteiger partial charge in [-0.05, 0) is 24.5 Å². The molecule has 2 heteroatoms. The lowest BCUT2D eigenvalue weighted by molar-refractivity contribution is 0.450. The van der Waals surface area contributed by atoms with Crippen molar-refractivity contribution in [3.05, 3.63) is 29.5 Å². The third-order valence-corrected chi connectivity index (χ3v) is 2.32. The van der Waals surface area contributed by atoms with Crippen molar-refractivity contribution in [2.45, 2.75) is 26.7 Å². The summed E-state index contributed by atoms with van der Waals surface area (Å²) in [6, 6.07) is 6.11. The van der Waals surface area contributed by atoms with Crippen LogP contribution < -0.4 is 0 Å². The molecule has 0 fully saturated rings. The lowest BCUT2D eigenvalue weighted by Gasteiger charge is -2.05. The normalized spacial score (nSPS) is 11.4. The van der Waals surface area contributed by atoms with E-state index in [2.05, 4.69) is 25.1 Å². The van der Waals surface area contributed by atoms with Crippen molar-refractivity contribution >= 4 is 11.0 Å². The van der Waals surface area contributed by atoms with Crippen LogP contribution in [-0.4, -0.2) is 5.16 Å². The third-order valence-electron chi connectivity index (χ3n) is 2.32. The SMILES string of the molecule is Cc1noc2cccc(C(C)C)c12. The molecule has 68 valence electrons. The molecule has 0 aliphatic rings. The highest BCUT2D eigenvalue weighted by Crippen LogP contribution is 2.27. The summed E-state index contributed by atoms with van der Waals surface area (Å²) in [5.41, 5.74) is 3.19. The summed E-state index contributed by atoms with van der Waals surface area (Å²) in [6.45, 7) is 6.35. The van der Waals surface area contributed by atoms with Gasteiger partial charge in [0.1, 0.15) is 0 Å². The zero-order valence-corrected chi connectivity index (χ0v) is 8.16. The zero-order valence-electron chi connectivity index (χ0n) is 8.16. The first-order valence-corrected chi connectivity index (χ1v) is 4.55. The van der Waals surface area contributed by atoms with Crippen LogP contribution in [0.3, 0.4) is 0 Å². The van der Waals surface area contributed by atoms with E-state index >= 15 is 0 Å². The minimum atomic E-state index is 0.516. The molecule has 0 aliphatic carbocycles. The highest BCUT2D eigenvalue weighted by molar-refractivity contribution is 5.83. The molecule has 0 N–H and O–H groups in total. The first-order chi connectivity index (χ1) is 6.20. The van der Waals surface area contributed by atoms with E-state index in [1.165, 1.54) is 10.9 Å². The molecule has 2 aromatic rings. The first kappa shape index (κ1) is 8.30. The number of hydrogen-bond donors (Lipinski definition) is 0. The van der Waals surface area contributed by atoms with Crippen LogP contribution in [0.4, 0.5) is 0 Å². The van der Waals surface area contributed by atoms with Gasteiger partial charge in [0.25, 0.3) is 0 Å². The van der Waals surface area contributed by atoms with E-state index in [4.69, 9.17) is 4.52 Å². The second-order valence-electron chi connectivity index (χ2n) is 3.64. The van der Waals surface area contributed by atoms with Gasteiger partial charge < -0.3 is 4.52 Å². The molecular formula is C11H13NO. The third kappa shape index (κ3) is 1.22. The molecule has 0 bridgehead atoms. The standard InChI is InChI=1S/C11H13NO/c1-7(2)9-5-4-6-10-11(9)8(3)12-13-10/h4-7H,1-3H3. The zero-order chi connectivity index (χ0) is 9.42. The average Bonchev–Trinajstić information content (AvgIpc) is 2.48. The maximum absolute atomic E-state index is 5.19. The number of hydrogen-bond acceptors (Lipinski definition) is 2. The summed E-state index contributed by atoms with van der Waals surface area (Å²) in [4.78, 5) is 0. The molecule has 0 saturated carbocycles. The van der Waals surface area contributed by atoms with Gasteiger partial charge in [0.2, 0.25) is 0 Å². The summed E-state index contributed by atoms with van der Waals surface area (Å²) in [5.74, 6) is 0.516.